The molecule has 1 aromatic carbocycles. The Morgan fingerprint density at radius 3 is 2.25 bits per heavy atom. The maximum atomic E-state index is 13.1. The third-order valence-electron chi connectivity index (χ3n) is 2.53. The molecule has 2 N–H and O–H groups in total. The van der Waals surface area contributed by atoms with Gasteiger partial charge in [0, 0.05) is 6.54 Å². The van der Waals surface area contributed by atoms with Crippen LogP contribution in [0, 0.1) is 28.4 Å². The molecule has 106 valence electrons. The standard InChI is InChI=1S/C13H12F2N2O3/c1-13(2,5-16)6-17-11(18)7-3-9(14)10(15)4-8(7)12(19)20/h3-4H,6H2,1-2H3,(H,17,18)(H,19,20). The van der Waals surface area contributed by atoms with E-state index in [4.69, 9.17) is 10.4 Å². The second-order valence-electron chi connectivity index (χ2n) is 4.80. The monoisotopic (exact) mass is 282 g/mol. The lowest BCUT2D eigenvalue weighted by Gasteiger charge is -2.16. The van der Waals surface area contributed by atoms with Gasteiger partial charge in [-0.25, -0.2) is 13.6 Å². The highest BCUT2D eigenvalue weighted by atomic mass is 19.2. The summed E-state index contributed by atoms with van der Waals surface area (Å²) in [6.45, 7) is 3.08. The van der Waals surface area contributed by atoms with Crippen molar-refractivity contribution in [3.8, 4) is 6.07 Å². The van der Waals surface area contributed by atoms with Crippen LogP contribution in [0.3, 0.4) is 0 Å². The number of hydrogen-bond acceptors (Lipinski definition) is 3. The fraction of sp³-hybridized carbons (Fsp3) is 0.308. The Balaban J connectivity index is 3.07. The number of carboxylic acid groups (broad SMARTS) is 1. The zero-order chi connectivity index (χ0) is 15.5. The fourth-order valence-corrected chi connectivity index (χ4v) is 1.35. The van der Waals surface area contributed by atoms with E-state index < -0.39 is 40.1 Å². The first-order valence-corrected chi connectivity index (χ1v) is 5.60. The summed E-state index contributed by atoms with van der Waals surface area (Å²) in [6, 6.07) is 2.91. The summed E-state index contributed by atoms with van der Waals surface area (Å²) in [7, 11) is 0. The van der Waals surface area contributed by atoms with Crippen molar-refractivity contribution in [2.24, 2.45) is 5.41 Å². The van der Waals surface area contributed by atoms with Crippen molar-refractivity contribution in [3.63, 3.8) is 0 Å². The molecule has 5 nitrogen and oxygen atoms in total. The van der Waals surface area contributed by atoms with Crippen LogP contribution in [0.2, 0.25) is 0 Å². The van der Waals surface area contributed by atoms with Crippen LogP contribution in [0.1, 0.15) is 34.6 Å². The first-order valence-electron chi connectivity index (χ1n) is 5.60. The van der Waals surface area contributed by atoms with Gasteiger partial charge in [0.25, 0.3) is 5.91 Å². The first-order chi connectivity index (χ1) is 9.18. The number of carboxylic acids is 1. The molecule has 0 spiro atoms. The van der Waals surface area contributed by atoms with Gasteiger partial charge in [-0.05, 0) is 26.0 Å². The van der Waals surface area contributed by atoms with E-state index in [0.717, 1.165) is 0 Å². The Bertz CT molecular complexity index is 606. The molecule has 0 aliphatic carbocycles. The number of hydrogen-bond donors (Lipinski definition) is 2. The van der Waals surface area contributed by atoms with Crippen molar-refractivity contribution in [3.05, 3.63) is 34.9 Å². The number of nitrogens with one attached hydrogen (secondary N) is 1. The van der Waals surface area contributed by atoms with Gasteiger partial charge in [0.15, 0.2) is 11.6 Å². The number of halogens is 2. The van der Waals surface area contributed by atoms with Crippen LogP contribution >= 0.6 is 0 Å². The summed E-state index contributed by atoms with van der Waals surface area (Å²) in [5, 5.41) is 20.0. The second-order valence-corrected chi connectivity index (χ2v) is 4.80. The quantitative estimate of drug-likeness (QED) is 0.883. The molecule has 0 saturated carbocycles. The predicted molar refractivity (Wildman–Crippen MR) is 65.0 cm³/mol. The number of nitrogens with zero attached hydrogens (tertiary/aromatic N) is 1. The van der Waals surface area contributed by atoms with Gasteiger partial charge in [-0.15, -0.1) is 0 Å². The van der Waals surface area contributed by atoms with Gasteiger partial charge >= 0.3 is 5.97 Å². The van der Waals surface area contributed by atoms with Crippen molar-refractivity contribution in [1.29, 1.82) is 5.26 Å². The molecule has 0 saturated heterocycles. The third kappa shape index (κ3) is 3.51. The second kappa shape index (κ2) is 5.65. The number of rotatable bonds is 4. The third-order valence-corrected chi connectivity index (χ3v) is 2.53. The van der Waals surface area contributed by atoms with E-state index in [1.807, 2.05) is 6.07 Å². The zero-order valence-electron chi connectivity index (χ0n) is 10.8. The van der Waals surface area contributed by atoms with Gasteiger partial charge in [0.2, 0.25) is 0 Å². The molecule has 0 fully saturated rings. The number of carbonyl (C=O) groups is 2. The highest BCUT2D eigenvalue weighted by Crippen LogP contribution is 2.16. The Morgan fingerprint density at radius 1 is 1.30 bits per heavy atom. The number of aromatic carboxylic acids is 1. The molecule has 7 heteroatoms. The Hall–Kier alpha value is -2.49. The van der Waals surface area contributed by atoms with Crippen LogP contribution in [-0.4, -0.2) is 23.5 Å². The molecule has 1 aromatic rings. The van der Waals surface area contributed by atoms with Crippen LogP contribution in [0.4, 0.5) is 8.78 Å². The first kappa shape index (κ1) is 15.6. The molecule has 0 atom stereocenters. The summed E-state index contributed by atoms with van der Waals surface area (Å²) in [4.78, 5) is 22.7. The molecule has 1 rings (SSSR count). The fourth-order valence-electron chi connectivity index (χ4n) is 1.35. The summed E-state index contributed by atoms with van der Waals surface area (Å²) in [6.07, 6.45) is 0. The van der Waals surface area contributed by atoms with E-state index in [2.05, 4.69) is 5.32 Å². The summed E-state index contributed by atoms with van der Waals surface area (Å²) in [5.74, 6) is -5.10. The van der Waals surface area contributed by atoms with Crippen LogP contribution in [0.25, 0.3) is 0 Å². The van der Waals surface area contributed by atoms with Gasteiger partial charge in [0.1, 0.15) is 0 Å². The van der Waals surface area contributed by atoms with Gasteiger partial charge in [0.05, 0.1) is 22.6 Å². The number of nitriles is 1. The van der Waals surface area contributed by atoms with Crippen molar-refractivity contribution in [1.82, 2.24) is 5.32 Å². The summed E-state index contributed by atoms with van der Waals surface area (Å²) >= 11 is 0. The molecule has 1 amide bonds. The molecule has 0 bridgehead atoms. The molecular weight excluding hydrogens is 270 g/mol. The van der Waals surface area contributed by atoms with E-state index in [9.17, 15) is 18.4 Å². The van der Waals surface area contributed by atoms with Crippen LogP contribution < -0.4 is 5.32 Å². The van der Waals surface area contributed by atoms with Crippen molar-refractivity contribution in [2.45, 2.75) is 13.8 Å². The minimum absolute atomic E-state index is 0.0552. The van der Waals surface area contributed by atoms with Gasteiger partial charge < -0.3 is 10.4 Å². The lowest BCUT2D eigenvalue weighted by Crippen LogP contribution is -2.34. The van der Waals surface area contributed by atoms with Gasteiger partial charge in [-0.3, -0.25) is 4.79 Å². The molecule has 0 aliphatic rings. The van der Waals surface area contributed by atoms with E-state index in [1.165, 1.54) is 0 Å². The lowest BCUT2D eigenvalue weighted by atomic mass is 9.95. The highest BCUT2D eigenvalue weighted by Gasteiger charge is 2.23. The molecule has 0 unspecified atom stereocenters. The Labute approximate surface area is 113 Å². The molecule has 0 radical (unpaired) electrons. The predicted octanol–water partition coefficient (Wildman–Crippen LogP) is 1.94. The maximum absolute atomic E-state index is 13.1. The Kier molecular flexibility index (Phi) is 4.40. The van der Waals surface area contributed by atoms with Crippen LogP contribution in [0.15, 0.2) is 12.1 Å². The molecule has 0 aromatic heterocycles. The minimum Gasteiger partial charge on any atom is -0.478 e. The minimum atomic E-state index is -1.55. The zero-order valence-corrected chi connectivity index (χ0v) is 10.8. The average molecular weight is 282 g/mol. The van der Waals surface area contributed by atoms with E-state index in [-0.39, 0.29) is 6.54 Å². The largest absolute Gasteiger partial charge is 0.478 e. The van der Waals surface area contributed by atoms with E-state index in [0.29, 0.717) is 12.1 Å². The van der Waals surface area contributed by atoms with Crippen molar-refractivity contribution >= 4 is 11.9 Å². The smallest absolute Gasteiger partial charge is 0.336 e. The topological polar surface area (TPSA) is 90.2 Å². The van der Waals surface area contributed by atoms with Crippen LogP contribution in [0.5, 0.6) is 0 Å². The van der Waals surface area contributed by atoms with Gasteiger partial charge in [-0.1, -0.05) is 0 Å². The van der Waals surface area contributed by atoms with E-state index >= 15 is 0 Å². The van der Waals surface area contributed by atoms with Crippen molar-refractivity contribution in [2.75, 3.05) is 6.54 Å². The highest BCUT2D eigenvalue weighted by molar-refractivity contribution is 6.04. The normalized spacial score (nSPS) is 10.8. The maximum Gasteiger partial charge on any atom is 0.336 e. The number of carbonyl (C=O) groups excluding carboxylic acids is 1. The molecule has 0 heterocycles. The number of benzene rings is 1. The van der Waals surface area contributed by atoms with Crippen LogP contribution in [-0.2, 0) is 0 Å². The Morgan fingerprint density at radius 2 is 1.80 bits per heavy atom. The average Bonchev–Trinajstić information content (AvgIpc) is 2.38. The van der Waals surface area contributed by atoms with Gasteiger partial charge in [-0.2, -0.15) is 5.26 Å². The molecule has 0 aliphatic heterocycles. The van der Waals surface area contributed by atoms with Crippen molar-refractivity contribution < 1.29 is 23.5 Å². The lowest BCUT2D eigenvalue weighted by molar-refractivity contribution is 0.0690. The molecular formula is C13H12F2N2O3. The summed E-state index contributed by atoms with van der Waals surface area (Å²) < 4.78 is 26.1. The SMILES string of the molecule is CC(C)(C#N)CNC(=O)c1cc(F)c(F)cc1C(=O)O. The summed E-state index contributed by atoms with van der Waals surface area (Å²) in [5.41, 5.74) is -2.00. The molecule has 20 heavy (non-hydrogen) atoms. The number of amides is 1. The van der Waals surface area contributed by atoms with E-state index in [1.54, 1.807) is 13.8 Å².